The molecule has 0 atom stereocenters. The van der Waals surface area contributed by atoms with Crippen molar-refractivity contribution in [2.24, 2.45) is 0 Å². The quantitative estimate of drug-likeness (QED) is 0.375. The zero-order valence-electron chi connectivity index (χ0n) is 21.2. The highest BCUT2D eigenvalue weighted by molar-refractivity contribution is 5.95. The lowest BCUT2D eigenvalue weighted by Gasteiger charge is -2.46. The number of piperidine rings is 1. The van der Waals surface area contributed by atoms with E-state index in [-0.39, 0.29) is 5.91 Å². The average molecular weight is 522 g/mol. The summed E-state index contributed by atoms with van der Waals surface area (Å²) in [6, 6.07) is 11.9. The van der Waals surface area contributed by atoms with Crippen molar-refractivity contribution in [2.75, 3.05) is 26.2 Å². The van der Waals surface area contributed by atoms with E-state index in [2.05, 4.69) is 29.9 Å². The van der Waals surface area contributed by atoms with Crippen molar-refractivity contribution in [3.63, 3.8) is 0 Å². The molecular formula is C29H26FN8O. The molecule has 7 rings (SSSR count). The van der Waals surface area contributed by atoms with Gasteiger partial charge in [0.2, 0.25) is 0 Å². The number of H-pyrrole nitrogens is 1. The summed E-state index contributed by atoms with van der Waals surface area (Å²) in [6.07, 6.45) is 12.4. The van der Waals surface area contributed by atoms with E-state index in [9.17, 15) is 9.18 Å². The number of rotatable bonds is 5. The van der Waals surface area contributed by atoms with E-state index in [0.717, 1.165) is 53.8 Å². The van der Waals surface area contributed by atoms with Crippen LogP contribution in [0.3, 0.4) is 0 Å². The number of hydrogen-bond donors (Lipinski definition) is 1. The molecule has 0 aliphatic carbocycles. The molecule has 1 amide bonds. The van der Waals surface area contributed by atoms with Crippen molar-refractivity contribution in [1.29, 1.82) is 0 Å². The number of nitrogens with zero attached hydrogens (tertiary/aromatic N) is 7. The Morgan fingerprint density at radius 3 is 2.62 bits per heavy atom. The first-order valence-electron chi connectivity index (χ1n) is 13.1. The van der Waals surface area contributed by atoms with Crippen molar-refractivity contribution in [3.05, 3.63) is 91.1 Å². The van der Waals surface area contributed by atoms with Crippen LogP contribution in [0, 0.1) is 11.9 Å². The number of likely N-dealkylation sites (tertiary alicyclic amines) is 2. The third-order valence-corrected chi connectivity index (χ3v) is 7.78. The topological polar surface area (TPSA) is 95.8 Å². The van der Waals surface area contributed by atoms with Gasteiger partial charge in [-0.1, -0.05) is 6.07 Å². The number of amides is 1. The fourth-order valence-electron chi connectivity index (χ4n) is 5.58. The molecule has 1 radical (unpaired) electrons. The Balaban J connectivity index is 0.942. The molecule has 4 aromatic heterocycles. The second-order valence-electron chi connectivity index (χ2n) is 10.1. The molecule has 0 spiro atoms. The largest absolute Gasteiger partial charge is 0.346 e. The number of carbonyl (C=O) groups excluding carboxylic acids is 1. The van der Waals surface area contributed by atoms with Gasteiger partial charge >= 0.3 is 0 Å². The van der Waals surface area contributed by atoms with Gasteiger partial charge in [-0.25, -0.2) is 14.4 Å². The summed E-state index contributed by atoms with van der Waals surface area (Å²) in [5, 5.41) is 5.56. The van der Waals surface area contributed by atoms with Crippen molar-refractivity contribution < 1.29 is 9.18 Å². The molecule has 195 valence electrons. The Kier molecular flexibility index (Phi) is 5.89. The molecule has 1 N–H and O–H groups in total. The Morgan fingerprint density at radius 2 is 1.82 bits per heavy atom. The highest BCUT2D eigenvalue weighted by atomic mass is 19.1. The zero-order valence-corrected chi connectivity index (χ0v) is 21.2. The van der Waals surface area contributed by atoms with Gasteiger partial charge in [0, 0.05) is 79.1 Å². The van der Waals surface area contributed by atoms with E-state index >= 15 is 0 Å². The fourth-order valence-corrected chi connectivity index (χ4v) is 5.58. The van der Waals surface area contributed by atoms with Crippen molar-refractivity contribution in [2.45, 2.75) is 18.9 Å². The lowest BCUT2D eigenvalue weighted by molar-refractivity contribution is 0.0514. The van der Waals surface area contributed by atoms with Gasteiger partial charge in [0.05, 0.1) is 11.9 Å². The monoisotopic (exact) mass is 521 g/mol. The van der Waals surface area contributed by atoms with E-state index < -0.39 is 5.82 Å². The van der Waals surface area contributed by atoms with Crippen LogP contribution < -0.4 is 0 Å². The molecule has 6 heterocycles. The highest BCUT2D eigenvalue weighted by Crippen LogP contribution is 2.30. The van der Waals surface area contributed by atoms with Crippen LogP contribution in [0.25, 0.3) is 33.4 Å². The van der Waals surface area contributed by atoms with Gasteiger partial charge in [-0.2, -0.15) is 5.10 Å². The van der Waals surface area contributed by atoms with Crippen LogP contribution in [0.1, 0.15) is 23.2 Å². The molecule has 2 saturated heterocycles. The smallest absolute Gasteiger partial charge is 0.253 e. The van der Waals surface area contributed by atoms with Gasteiger partial charge < -0.3 is 9.88 Å². The van der Waals surface area contributed by atoms with Crippen LogP contribution in [-0.4, -0.2) is 77.6 Å². The SMILES string of the molecule is O=C(c1ccc(-c2ccncc2)c(F)c1)N1CCC(N2C[C](n3cc(-c4ncnc5[nH]ccc45)cn3)C2)CC1. The third kappa shape index (κ3) is 4.36. The van der Waals surface area contributed by atoms with Crippen molar-refractivity contribution in [1.82, 2.24) is 39.5 Å². The number of fused-ring (bicyclic) bond motifs is 1. The summed E-state index contributed by atoms with van der Waals surface area (Å²) >= 11 is 0. The van der Waals surface area contributed by atoms with Gasteiger partial charge in [-0.15, -0.1) is 0 Å². The van der Waals surface area contributed by atoms with Gasteiger partial charge in [-0.3, -0.25) is 19.4 Å². The second kappa shape index (κ2) is 9.70. The van der Waals surface area contributed by atoms with Gasteiger partial charge in [0.1, 0.15) is 23.8 Å². The lowest BCUT2D eigenvalue weighted by Crippen LogP contribution is -2.56. The Hall–Kier alpha value is -4.44. The van der Waals surface area contributed by atoms with E-state index in [4.69, 9.17) is 0 Å². The normalized spacial score (nSPS) is 17.0. The molecule has 2 aliphatic rings. The predicted octanol–water partition coefficient (Wildman–Crippen LogP) is 4.02. The number of hydrogen-bond acceptors (Lipinski definition) is 6. The Labute approximate surface area is 224 Å². The summed E-state index contributed by atoms with van der Waals surface area (Å²) < 4.78 is 16.8. The van der Waals surface area contributed by atoms with E-state index in [1.807, 2.05) is 34.2 Å². The number of halogens is 1. The molecule has 0 saturated carbocycles. The minimum atomic E-state index is -0.399. The number of benzene rings is 1. The first kappa shape index (κ1) is 23.7. The van der Waals surface area contributed by atoms with Crippen LogP contribution >= 0.6 is 0 Å². The molecule has 5 aromatic rings. The van der Waals surface area contributed by atoms with Crippen molar-refractivity contribution >= 4 is 16.9 Å². The minimum Gasteiger partial charge on any atom is -0.346 e. The lowest BCUT2D eigenvalue weighted by atomic mass is 9.96. The maximum atomic E-state index is 14.8. The number of aromatic nitrogens is 6. The van der Waals surface area contributed by atoms with E-state index in [1.165, 1.54) is 12.1 Å². The second-order valence-corrected chi connectivity index (χ2v) is 10.1. The fraction of sp³-hybridized carbons (Fsp3) is 0.241. The van der Waals surface area contributed by atoms with Gasteiger partial charge in [-0.05, 0) is 48.7 Å². The first-order valence-corrected chi connectivity index (χ1v) is 13.1. The molecular weight excluding hydrogens is 495 g/mol. The summed E-state index contributed by atoms with van der Waals surface area (Å²) in [6.45, 7) is 3.03. The van der Waals surface area contributed by atoms with Crippen LogP contribution in [0.15, 0.2) is 73.7 Å². The Morgan fingerprint density at radius 1 is 1.00 bits per heavy atom. The number of nitrogens with one attached hydrogen (secondary N) is 1. The van der Waals surface area contributed by atoms with Crippen LogP contribution in [0.2, 0.25) is 0 Å². The molecule has 0 unspecified atom stereocenters. The zero-order chi connectivity index (χ0) is 26.3. The summed E-state index contributed by atoms with van der Waals surface area (Å²) in [4.78, 5) is 33.2. The number of aromatic amines is 1. The molecule has 2 aliphatic heterocycles. The maximum absolute atomic E-state index is 14.8. The maximum Gasteiger partial charge on any atom is 0.253 e. The number of carbonyl (C=O) groups is 1. The number of pyridine rings is 1. The predicted molar refractivity (Wildman–Crippen MR) is 144 cm³/mol. The molecule has 39 heavy (non-hydrogen) atoms. The standard InChI is InChI=1S/C29H26FN8O/c30-26-13-20(1-2-24(26)19-3-8-31-9-4-19)29(39)36-11-6-22(7-12-36)37-16-23(17-37)38-15-21(14-35-38)27-25-5-10-32-28(25)34-18-33-27/h1-5,8-10,13-15,18,22H,6-7,11-12,16-17H2,(H,32,33,34). The summed E-state index contributed by atoms with van der Waals surface area (Å²) in [5.74, 6) is -0.514. The van der Waals surface area contributed by atoms with Crippen LogP contribution in [-0.2, 0) is 0 Å². The molecule has 0 bridgehead atoms. The van der Waals surface area contributed by atoms with Crippen LogP contribution in [0.5, 0.6) is 0 Å². The third-order valence-electron chi connectivity index (χ3n) is 7.78. The van der Waals surface area contributed by atoms with E-state index in [1.54, 1.807) is 43.0 Å². The summed E-state index contributed by atoms with van der Waals surface area (Å²) in [7, 11) is 0. The van der Waals surface area contributed by atoms with Gasteiger partial charge in [0.25, 0.3) is 5.91 Å². The summed E-state index contributed by atoms with van der Waals surface area (Å²) in [5.41, 5.74) is 4.24. The van der Waals surface area contributed by atoms with Crippen LogP contribution in [0.4, 0.5) is 4.39 Å². The molecule has 2 fully saturated rings. The molecule has 1 aromatic carbocycles. The molecule has 10 heteroatoms. The Bertz CT molecular complexity index is 1630. The van der Waals surface area contributed by atoms with E-state index in [0.29, 0.717) is 30.3 Å². The molecule has 9 nitrogen and oxygen atoms in total. The highest BCUT2D eigenvalue weighted by Gasteiger charge is 2.37. The first-order chi connectivity index (χ1) is 19.1. The van der Waals surface area contributed by atoms with Crippen molar-refractivity contribution in [3.8, 4) is 22.4 Å². The average Bonchev–Trinajstić information content (AvgIpc) is 3.63. The minimum absolute atomic E-state index is 0.116. The van der Waals surface area contributed by atoms with Gasteiger partial charge in [0.15, 0.2) is 0 Å².